The molecule has 0 bridgehead atoms. The van der Waals surface area contributed by atoms with Gasteiger partial charge in [0.05, 0.1) is 12.3 Å². The Morgan fingerprint density at radius 2 is 2.06 bits per heavy atom. The van der Waals surface area contributed by atoms with Crippen molar-refractivity contribution in [2.45, 2.75) is 20.3 Å². The number of carbonyl (C=O) groups excluding carboxylic acids is 1. The van der Waals surface area contributed by atoms with Crippen molar-refractivity contribution in [3.05, 3.63) is 42.0 Å². The molecule has 5 nitrogen and oxygen atoms in total. The summed E-state index contributed by atoms with van der Waals surface area (Å²) in [6, 6.07) is 9.68. The number of rotatable bonds is 4. The lowest BCUT2D eigenvalue weighted by Crippen LogP contribution is -2.09. The van der Waals surface area contributed by atoms with E-state index < -0.39 is 0 Å². The molecule has 1 aromatic carbocycles. The van der Waals surface area contributed by atoms with E-state index in [9.17, 15) is 4.79 Å². The maximum absolute atomic E-state index is 11.4. The first kappa shape index (κ1) is 12.3. The summed E-state index contributed by atoms with van der Waals surface area (Å²) in [4.78, 5) is 15.6. The number of hydrogen-bond acceptors (Lipinski definition) is 4. The molecule has 1 aromatic heterocycles. The predicted molar refractivity (Wildman–Crippen MR) is 66.4 cm³/mol. The van der Waals surface area contributed by atoms with Gasteiger partial charge in [-0.2, -0.15) is 5.10 Å². The number of para-hydroxylation sites is 1. The molecular weight excluding hydrogens is 230 g/mol. The molecule has 18 heavy (non-hydrogen) atoms. The average molecular weight is 245 g/mol. The summed E-state index contributed by atoms with van der Waals surface area (Å²) in [5.41, 5.74) is 0.928. The molecule has 2 aromatic rings. The summed E-state index contributed by atoms with van der Waals surface area (Å²) in [6.45, 7) is 4.00. The van der Waals surface area contributed by atoms with E-state index >= 15 is 0 Å². The summed E-state index contributed by atoms with van der Waals surface area (Å²) >= 11 is 0. The molecule has 0 fully saturated rings. The molecule has 0 atom stereocenters. The molecule has 0 unspecified atom stereocenters. The van der Waals surface area contributed by atoms with Gasteiger partial charge >= 0.3 is 5.97 Å². The van der Waals surface area contributed by atoms with E-state index in [2.05, 4.69) is 10.1 Å². The molecule has 0 spiro atoms. The number of nitrogens with zero attached hydrogens (tertiary/aromatic N) is 3. The minimum atomic E-state index is -0.303. The number of esters is 1. The lowest BCUT2D eigenvalue weighted by Gasteiger charge is -2.01. The normalized spacial score (nSPS) is 10.3. The van der Waals surface area contributed by atoms with Crippen molar-refractivity contribution in [2.75, 3.05) is 6.61 Å². The van der Waals surface area contributed by atoms with Gasteiger partial charge in [-0.1, -0.05) is 18.2 Å². The molecule has 1 heterocycles. The largest absolute Gasteiger partial charge is 0.466 e. The molecular formula is C13H15N3O2. The second kappa shape index (κ2) is 5.44. The molecule has 0 saturated carbocycles. The van der Waals surface area contributed by atoms with E-state index in [1.165, 1.54) is 0 Å². The fourth-order valence-corrected chi connectivity index (χ4v) is 1.67. The van der Waals surface area contributed by atoms with Gasteiger partial charge in [-0.05, 0) is 26.0 Å². The summed E-state index contributed by atoms with van der Waals surface area (Å²) in [7, 11) is 0. The zero-order chi connectivity index (χ0) is 13.0. The maximum atomic E-state index is 11.4. The van der Waals surface area contributed by atoms with Crippen LogP contribution in [-0.4, -0.2) is 27.3 Å². The van der Waals surface area contributed by atoms with Crippen LogP contribution in [0.25, 0.3) is 5.69 Å². The Hall–Kier alpha value is -2.17. The third-order valence-corrected chi connectivity index (χ3v) is 2.42. The highest BCUT2D eigenvalue weighted by Crippen LogP contribution is 2.09. The highest BCUT2D eigenvalue weighted by atomic mass is 16.5. The minimum Gasteiger partial charge on any atom is -0.466 e. The number of benzene rings is 1. The monoisotopic (exact) mass is 245 g/mol. The van der Waals surface area contributed by atoms with Gasteiger partial charge in [0.25, 0.3) is 0 Å². The number of carbonyl (C=O) groups is 1. The highest BCUT2D eigenvalue weighted by Gasteiger charge is 2.12. The Kier molecular flexibility index (Phi) is 3.72. The van der Waals surface area contributed by atoms with E-state index in [4.69, 9.17) is 4.74 Å². The van der Waals surface area contributed by atoms with Crippen molar-refractivity contribution in [3.63, 3.8) is 0 Å². The lowest BCUT2D eigenvalue weighted by atomic mass is 10.3. The van der Waals surface area contributed by atoms with Crippen LogP contribution in [0.2, 0.25) is 0 Å². The van der Waals surface area contributed by atoms with Gasteiger partial charge < -0.3 is 4.74 Å². The van der Waals surface area contributed by atoms with Crippen LogP contribution in [0.4, 0.5) is 0 Å². The van der Waals surface area contributed by atoms with Gasteiger partial charge in [0.2, 0.25) is 0 Å². The summed E-state index contributed by atoms with van der Waals surface area (Å²) in [5, 5.41) is 4.31. The van der Waals surface area contributed by atoms with Gasteiger partial charge in [0.15, 0.2) is 5.82 Å². The van der Waals surface area contributed by atoms with Crippen molar-refractivity contribution in [2.24, 2.45) is 0 Å². The third-order valence-electron chi connectivity index (χ3n) is 2.42. The molecule has 0 saturated heterocycles. The van der Waals surface area contributed by atoms with Crippen LogP contribution in [0.5, 0.6) is 0 Å². The molecule has 0 aliphatic carbocycles. The molecule has 0 amide bonds. The summed E-state index contributed by atoms with van der Waals surface area (Å²) in [6.07, 6.45) is 0.106. The molecule has 2 rings (SSSR count). The molecule has 0 N–H and O–H groups in total. The first-order valence-corrected chi connectivity index (χ1v) is 5.84. The zero-order valence-electron chi connectivity index (χ0n) is 10.5. The zero-order valence-corrected chi connectivity index (χ0v) is 10.5. The standard InChI is InChI=1S/C13H15N3O2/c1-3-18-13(17)9-12-14-10(2)16(15-12)11-7-5-4-6-8-11/h4-8H,3,9H2,1-2H3. The number of aromatic nitrogens is 3. The fourth-order valence-electron chi connectivity index (χ4n) is 1.67. The van der Waals surface area contributed by atoms with E-state index in [1.54, 1.807) is 11.6 Å². The van der Waals surface area contributed by atoms with E-state index in [0.717, 1.165) is 11.5 Å². The van der Waals surface area contributed by atoms with Crippen LogP contribution >= 0.6 is 0 Å². The topological polar surface area (TPSA) is 57.0 Å². The van der Waals surface area contributed by atoms with Crippen molar-refractivity contribution < 1.29 is 9.53 Å². The maximum Gasteiger partial charge on any atom is 0.313 e. The Balaban J connectivity index is 2.20. The minimum absolute atomic E-state index is 0.106. The first-order valence-electron chi connectivity index (χ1n) is 5.84. The number of hydrogen-bond donors (Lipinski definition) is 0. The van der Waals surface area contributed by atoms with Crippen LogP contribution in [0.1, 0.15) is 18.6 Å². The molecule has 5 heteroatoms. The van der Waals surface area contributed by atoms with Crippen LogP contribution in [0.15, 0.2) is 30.3 Å². The van der Waals surface area contributed by atoms with E-state index in [0.29, 0.717) is 12.4 Å². The summed E-state index contributed by atoms with van der Waals surface area (Å²) < 4.78 is 6.59. The second-order valence-corrected chi connectivity index (χ2v) is 3.80. The van der Waals surface area contributed by atoms with Gasteiger partial charge in [0, 0.05) is 0 Å². The molecule has 94 valence electrons. The lowest BCUT2D eigenvalue weighted by molar-refractivity contribution is -0.142. The van der Waals surface area contributed by atoms with E-state index in [-0.39, 0.29) is 12.4 Å². The van der Waals surface area contributed by atoms with Gasteiger partial charge in [0.1, 0.15) is 12.2 Å². The van der Waals surface area contributed by atoms with Crippen LogP contribution < -0.4 is 0 Å². The Morgan fingerprint density at radius 3 is 2.72 bits per heavy atom. The van der Waals surface area contributed by atoms with Gasteiger partial charge in [-0.15, -0.1) is 0 Å². The van der Waals surface area contributed by atoms with Crippen molar-refractivity contribution >= 4 is 5.97 Å². The van der Waals surface area contributed by atoms with Gasteiger partial charge in [-0.3, -0.25) is 4.79 Å². The first-order chi connectivity index (χ1) is 8.70. The van der Waals surface area contributed by atoms with Crippen molar-refractivity contribution in [1.82, 2.24) is 14.8 Å². The second-order valence-electron chi connectivity index (χ2n) is 3.80. The Morgan fingerprint density at radius 1 is 1.33 bits per heavy atom. The molecule has 0 aliphatic heterocycles. The smallest absolute Gasteiger partial charge is 0.313 e. The number of ether oxygens (including phenoxy) is 1. The van der Waals surface area contributed by atoms with Crippen molar-refractivity contribution in [3.8, 4) is 5.69 Å². The van der Waals surface area contributed by atoms with Crippen molar-refractivity contribution in [1.29, 1.82) is 0 Å². The van der Waals surface area contributed by atoms with E-state index in [1.807, 2.05) is 37.3 Å². The quantitative estimate of drug-likeness (QED) is 0.769. The fraction of sp³-hybridized carbons (Fsp3) is 0.308. The van der Waals surface area contributed by atoms with Gasteiger partial charge in [-0.25, -0.2) is 9.67 Å². The van der Waals surface area contributed by atoms with Crippen LogP contribution in [0, 0.1) is 6.92 Å². The van der Waals surface area contributed by atoms with Crippen LogP contribution in [0.3, 0.4) is 0 Å². The highest BCUT2D eigenvalue weighted by molar-refractivity contribution is 5.71. The Bertz CT molecular complexity index is 534. The SMILES string of the molecule is CCOC(=O)Cc1nc(C)n(-c2ccccc2)n1. The average Bonchev–Trinajstić information content (AvgIpc) is 2.71. The molecule has 0 radical (unpaired) electrons. The summed E-state index contributed by atoms with van der Waals surface area (Å²) in [5.74, 6) is 0.929. The predicted octanol–water partition coefficient (Wildman–Crippen LogP) is 1.68. The Labute approximate surface area is 105 Å². The molecule has 0 aliphatic rings. The third kappa shape index (κ3) is 2.74. The van der Waals surface area contributed by atoms with Crippen LogP contribution in [-0.2, 0) is 16.0 Å². The number of aryl methyl sites for hydroxylation is 1.